The molecule has 4 aromatic rings. The highest BCUT2D eigenvalue weighted by Gasteiger charge is 2.41. The lowest BCUT2D eigenvalue weighted by molar-refractivity contribution is -0.968. The first-order valence-electron chi connectivity index (χ1n) is 14.6. The second-order valence-corrected chi connectivity index (χ2v) is 11.2. The minimum Gasteiger partial charge on any atom is -0.348 e. The van der Waals surface area contributed by atoms with E-state index in [2.05, 4.69) is 53.1 Å². The second-order valence-electron chi connectivity index (χ2n) is 11.2. The SMILES string of the molecule is O=C(NCc1ccccc1)c1c(C[N+]2(C3CCNCC3)CCCCC2)c(-c2ccccc2)nc2ccccc12. The van der Waals surface area contributed by atoms with Crippen LogP contribution in [0, 0.1) is 0 Å². The molecule has 6 rings (SSSR count). The summed E-state index contributed by atoms with van der Waals surface area (Å²) in [5.41, 5.74) is 5.91. The van der Waals surface area contributed by atoms with Crippen LogP contribution in [0.3, 0.4) is 0 Å². The maximum Gasteiger partial charge on any atom is 0.252 e. The van der Waals surface area contributed by atoms with Gasteiger partial charge >= 0.3 is 0 Å². The smallest absolute Gasteiger partial charge is 0.252 e. The largest absolute Gasteiger partial charge is 0.348 e. The molecule has 3 heterocycles. The Morgan fingerprint density at radius 2 is 1.51 bits per heavy atom. The molecule has 0 saturated carbocycles. The van der Waals surface area contributed by atoms with Gasteiger partial charge in [0.05, 0.1) is 35.9 Å². The predicted octanol–water partition coefficient (Wildman–Crippen LogP) is 6.08. The van der Waals surface area contributed by atoms with Crippen molar-refractivity contribution in [3.05, 3.63) is 102 Å². The number of likely N-dealkylation sites (tertiary alicyclic amines) is 1. The third-order valence-corrected chi connectivity index (χ3v) is 8.83. The van der Waals surface area contributed by atoms with Crippen LogP contribution in [0.5, 0.6) is 0 Å². The number of amides is 1. The van der Waals surface area contributed by atoms with E-state index in [1.807, 2.05) is 42.5 Å². The molecule has 0 radical (unpaired) electrons. The van der Waals surface area contributed by atoms with E-state index in [0.717, 1.165) is 63.0 Å². The summed E-state index contributed by atoms with van der Waals surface area (Å²) in [6, 6.07) is 29.4. The molecule has 2 N–H and O–H groups in total. The number of nitrogens with one attached hydrogen (secondary N) is 2. The zero-order chi connectivity index (χ0) is 26.5. The highest BCUT2D eigenvalue weighted by molar-refractivity contribution is 6.09. The Balaban J connectivity index is 1.50. The van der Waals surface area contributed by atoms with Gasteiger partial charge in [0.1, 0.15) is 6.54 Å². The van der Waals surface area contributed by atoms with E-state index in [-0.39, 0.29) is 5.91 Å². The fourth-order valence-corrected chi connectivity index (χ4v) is 6.83. The van der Waals surface area contributed by atoms with E-state index in [9.17, 15) is 4.79 Å². The number of carbonyl (C=O) groups excluding carboxylic acids is 1. The fraction of sp³-hybridized carbons (Fsp3) is 0.353. The third-order valence-electron chi connectivity index (χ3n) is 8.83. The molecule has 0 bridgehead atoms. The van der Waals surface area contributed by atoms with Crippen LogP contribution in [-0.2, 0) is 13.1 Å². The van der Waals surface area contributed by atoms with E-state index in [1.54, 1.807) is 0 Å². The number of hydrogen-bond acceptors (Lipinski definition) is 3. The van der Waals surface area contributed by atoms with Crippen LogP contribution in [-0.4, -0.2) is 47.6 Å². The Morgan fingerprint density at radius 1 is 0.846 bits per heavy atom. The maximum atomic E-state index is 14.2. The zero-order valence-corrected chi connectivity index (χ0v) is 22.7. The van der Waals surface area contributed by atoms with Crippen molar-refractivity contribution >= 4 is 16.8 Å². The zero-order valence-electron chi connectivity index (χ0n) is 22.7. The van der Waals surface area contributed by atoms with Crippen molar-refractivity contribution in [2.45, 2.75) is 51.2 Å². The number of para-hydroxylation sites is 1. The lowest BCUT2D eigenvalue weighted by Crippen LogP contribution is -2.60. The molecular weight excluding hydrogens is 480 g/mol. The number of rotatable bonds is 7. The number of quaternary nitrogens is 1. The molecule has 2 saturated heterocycles. The summed E-state index contributed by atoms with van der Waals surface area (Å²) in [5.74, 6) is -0.00916. The Morgan fingerprint density at radius 3 is 2.26 bits per heavy atom. The molecular formula is C34H39N4O+. The Labute approximate surface area is 231 Å². The van der Waals surface area contributed by atoms with Gasteiger partial charge < -0.3 is 15.1 Å². The van der Waals surface area contributed by atoms with Crippen molar-refractivity contribution in [2.75, 3.05) is 26.2 Å². The van der Waals surface area contributed by atoms with E-state index in [1.165, 1.54) is 45.2 Å². The van der Waals surface area contributed by atoms with Crippen molar-refractivity contribution < 1.29 is 9.28 Å². The average Bonchev–Trinajstić information content (AvgIpc) is 3.01. The van der Waals surface area contributed by atoms with Crippen LogP contribution >= 0.6 is 0 Å². The minimum atomic E-state index is -0.00916. The second kappa shape index (κ2) is 11.7. The molecule has 39 heavy (non-hydrogen) atoms. The molecule has 5 heteroatoms. The number of pyridine rings is 1. The van der Waals surface area contributed by atoms with Crippen molar-refractivity contribution in [3.8, 4) is 11.3 Å². The molecule has 200 valence electrons. The van der Waals surface area contributed by atoms with Crippen LogP contribution in [0.2, 0.25) is 0 Å². The van der Waals surface area contributed by atoms with Gasteiger partial charge in [0.15, 0.2) is 0 Å². The summed E-state index contributed by atoms with van der Waals surface area (Å²) >= 11 is 0. The van der Waals surface area contributed by atoms with Gasteiger partial charge in [-0.1, -0.05) is 78.9 Å². The van der Waals surface area contributed by atoms with Crippen LogP contribution in [0.15, 0.2) is 84.9 Å². The standard InChI is InChI=1S/C34H38N4O/c39-34(36-24-26-12-4-1-5-13-26)32-29-16-8-9-17-31(29)37-33(27-14-6-2-7-15-27)30(32)25-38(22-10-3-11-23-38)28-18-20-35-21-19-28/h1-2,4-9,12-17,28,35H,3,10-11,18-25H2/p+1. The number of benzene rings is 3. The van der Waals surface area contributed by atoms with Gasteiger partial charge in [-0.25, -0.2) is 4.98 Å². The summed E-state index contributed by atoms with van der Waals surface area (Å²) in [6.07, 6.45) is 6.19. The maximum absolute atomic E-state index is 14.2. The van der Waals surface area contributed by atoms with Crippen LogP contribution < -0.4 is 10.6 Å². The Bertz CT molecular complexity index is 1410. The molecule has 3 aromatic carbocycles. The van der Waals surface area contributed by atoms with Gasteiger partial charge in [0.2, 0.25) is 0 Å². The predicted molar refractivity (Wildman–Crippen MR) is 158 cm³/mol. The van der Waals surface area contributed by atoms with Gasteiger partial charge in [0, 0.05) is 49.0 Å². The molecule has 2 aliphatic heterocycles. The van der Waals surface area contributed by atoms with Crippen molar-refractivity contribution in [3.63, 3.8) is 0 Å². The topological polar surface area (TPSA) is 54.0 Å². The number of carbonyl (C=O) groups is 1. The van der Waals surface area contributed by atoms with Crippen LogP contribution in [0.4, 0.5) is 0 Å². The van der Waals surface area contributed by atoms with Crippen LogP contribution in [0.1, 0.15) is 53.6 Å². The molecule has 0 unspecified atom stereocenters. The number of fused-ring (bicyclic) bond motifs is 1. The summed E-state index contributed by atoms with van der Waals surface area (Å²) in [4.78, 5) is 19.4. The van der Waals surface area contributed by atoms with Crippen molar-refractivity contribution in [1.29, 1.82) is 0 Å². The molecule has 2 fully saturated rings. The highest BCUT2D eigenvalue weighted by Crippen LogP contribution is 2.37. The molecule has 5 nitrogen and oxygen atoms in total. The summed E-state index contributed by atoms with van der Waals surface area (Å²) in [6.45, 7) is 5.87. The van der Waals surface area contributed by atoms with Crippen LogP contribution in [0.25, 0.3) is 22.2 Å². The Kier molecular flexibility index (Phi) is 7.71. The first-order valence-corrected chi connectivity index (χ1v) is 14.6. The van der Waals surface area contributed by atoms with Gasteiger partial charge in [-0.2, -0.15) is 0 Å². The molecule has 0 atom stereocenters. The lowest BCUT2D eigenvalue weighted by Gasteiger charge is -2.49. The quantitative estimate of drug-likeness (QED) is 0.291. The van der Waals surface area contributed by atoms with Gasteiger partial charge in [-0.3, -0.25) is 4.79 Å². The number of hydrogen-bond donors (Lipinski definition) is 2. The van der Waals surface area contributed by atoms with E-state index in [4.69, 9.17) is 4.98 Å². The summed E-state index contributed by atoms with van der Waals surface area (Å²) < 4.78 is 1.07. The number of piperidine rings is 2. The fourth-order valence-electron chi connectivity index (χ4n) is 6.83. The van der Waals surface area contributed by atoms with Gasteiger partial charge in [-0.05, 0) is 30.9 Å². The number of nitrogens with zero attached hydrogens (tertiary/aromatic N) is 2. The lowest BCUT2D eigenvalue weighted by atomic mass is 9.91. The third kappa shape index (κ3) is 5.47. The van der Waals surface area contributed by atoms with E-state index < -0.39 is 0 Å². The normalized spacial score (nSPS) is 17.6. The van der Waals surface area contributed by atoms with Gasteiger partial charge in [0.25, 0.3) is 5.91 Å². The molecule has 2 aliphatic rings. The molecule has 1 amide bonds. The van der Waals surface area contributed by atoms with Gasteiger partial charge in [-0.15, -0.1) is 0 Å². The average molecular weight is 520 g/mol. The summed E-state index contributed by atoms with van der Waals surface area (Å²) in [7, 11) is 0. The van der Waals surface area contributed by atoms with E-state index >= 15 is 0 Å². The van der Waals surface area contributed by atoms with E-state index in [0.29, 0.717) is 12.6 Å². The first-order chi connectivity index (χ1) is 19.2. The monoisotopic (exact) mass is 519 g/mol. The minimum absolute atomic E-state index is 0.00916. The molecule has 0 aliphatic carbocycles. The Hall–Kier alpha value is -3.54. The number of aromatic nitrogens is 1. The first kappa shape index (κ1) is 25.7. The van der Waals surface area contributed by atoms with Crippen molar-refractivity contribution in [2.24, 2.45) is 0 Å². The molecule has 1 aromatic heterocycles. The van der Waals surface area contributed by atoms with Crippen molar-refractivity contribution in [1.82, 2.24) is 15.6 Å². The molecule has 0 spiro atoms. The highest BCUT2D eigenvalue weighted by atomic mass is 16.1. The summed E-state index contributed by atoms with van der Waals surface area (Å²) in [5, 5.41) is 7.79.